The van der Waals surface area contributed by atoms with Crippen molar-refractivity contribution in [3.8, 4) is 22.6 Å². The molecule has 38 heavy (non-hydrogen) atoms. The predicted molar refractivity (Wildman–Crippen MR) is 140 cm³/mol. The maximum atomic E-state index is 13.2. The predicted octanol–water partition coefficient (Wildman–Crippen LogP) is 3.91. The summed E-state index contributed by atoms with van der Waals surface area (Å²) in [5.74, 6) is 1.54. The van der Waals surface area contributed by atoms with Crippen LogP contribution in [0.3, 0.4) is 0 Å². The van der Waals surface area contributed by atoms with Crippen LogP contribution in [0.1, 0.15) is 42.2 Å². The molecule has 2 aliphatic heterocycles. The number of piperidine rings is 1. The van der Waals surface area contributed by atoms with Crippen molar-refractivity contribution in [2.24, 2.45) is 5.73 Å². The molecule has 2 aromatic heterocycles. The molecule has 0 bridgehead atoms. The highest BCUT2D eigenvalue weighted by molar-refractivity contribution is 6.01. The lowest BCUT2D eigenvalue weighted by molar-refractivity contribution is 0.0986. The second-order valence-corrected chi connectivity index (χ2v) is 9.48. The lowest BCUT2D eigenvalue weighted by Gasteiger charge is -2.41. The number of primary amides is 1. The number of carbonyl (C=O) groups is 2. The molecule has 2 aliphatic rings. The third kappa shape index (κ3) is 4.36. The van der Waals surface area contributed by atoms with E-state index in [4.69, 9.17) is 15.6 Å². The molecular weight excluding hydrogens is 484 g/mol. The first kappa shape index (κ1) is 23.7. The molecule has 194 valence electrons. The highest BCUT2D eigenvalue weighted by Gasteiger charge is 2.39. The van der Waals surface area contributed by atoms with E-state index in [0.29, 0.717) is 24.4 Å². The molecule has 2 amide bonds. The number of hydrogen-bond donors (Lipinski definition) is 2. The molecule has 11 nitrogen and oxygen atoms in total. The number of para-hydroxylation sites is 1. The zero-order valence-electron chi connectivity index (χ0n) is 20.7. The fourth-order valence-electron chi connectivity index (χ4n) is 5.45. The number of carbonyl (C=O) groups excluding carboxylic acids is 2. The quantitative estimate of drug-likeness (QED) is 0.414. The topological polar surface area (TPSA) is 133 Å². The summed E-state index contributed by atoms with van der Waals surface area (Å²) in [7, 11) is 0. The Balaban J connectivity index is 1.34. The number of ether oxygens (including phenoxy) is 1. The van der Waals surface area contributed by atoms with Crippen molar-refractivity contribution in [1.29, 1.82) is 0 Å². The van der Waals surface area contributed by atoms with Crippen LogP contribution >= 0.6 is 0 Å². The minimum absolute atomic E-state index is 0.101. The summed E-state index contributed by atoms with van der Waals surface area (Å²) >= 11 is 0. The highest BCUT2D eigenvalue weighted by Crippen LogP contribution is 2.40. The second-order valence-electron chi connectivity index (χ2n) is 9.48. The Hall–Kier alpha value is -4.67. The van der Waals surface area contributed by atoms with Gasteiger partial charge in [-0.3, -0.25) is 4.79 Å². The molecule has 0 saturated carbocycles. The number of nitrogens with two attached hydrogens (primary N) is 1. The monoisotopic (exact) mass is 512 g/mol. The first-order valence-electron chi connectivity index (χ1n) is 12.8. The van der Waals surface area contributed by atoms with Crippen molar-refractivity contribution in [3.05, 3.63) is 72.9 Å². The number of likely N-dealkylation sites (tertiary alicyclic amines) is 1. The Morgan fingerprint density at radius 1 is 0.974 bits per heavy atom. The first-order chi connectivity index (χ1) is 18.6. The second kappa shape index (κ2) is 10.0. The summed E-state index contributed by atoms with van der Waals surface area (Å²) in [5, 5.41) is 12.2. The van der Waals surface area contributed by atoms with Gasteiger partial charge in [-0.25, -0.2) is 14.5 Å². The number of rotatable bonds is 5. The number of anilines is 1. The molecule has 0 spiro atoms. The Bertz CT molecular complexity index is 1430. The molecule has 1 saturated heterocycles. The van der Waals surface area contributed by atoms with Gasteiger partial charge in [-0.15, -0.1) is 0 Å². The van der Waals surface area contributed by atoms with Crippen molar-refractivity contribution in [1.82, 2.24) is 29.4 Å². The summed E-state index contributed by atoms with van der Waals surface area (Å²) in [6, 6.07) is 16.6. The van der Waals surface area contributed by atoms with E-state index in [-0.39, 0.29) is 23.8 Å². The standard InChI is InChI=1S/C27H28N8O3/c28-25(36)24-23(18-9-11-20(12-10-18)38-19-6-2-1-3-7-19)26-30-14-13-22(35(26)32-24)21-8-4-5-15-33(21)27(37)34-17-29-16-31-34/h1-3,6-7,9-12,16-17,21-22,30H,4-5,8,13-15H2,(H2,28,36). The average molecular weight is 513 g/mol. The van der Waals surface area contributed by atoms with Crippen LogP contribution in [0.5, 0.6) is 11.5 Å². The van der Waals surface area contributed by atoms with Crippen molar-refractivity contribution < 1.29 is 14.3 Å². The summed E-state index contributed by atoms with van der Waals surface area (Å²) in [6.07, 6.45) is 6.28. The SMILES string of the molecule is NC(=O)c1nn2c(c1-c1ccc(Oc3ccccc3)cc1)NCCC2C1CCCCN1C(=O)n1cncn1. The van der Waals surface area contributed by atoms with Crippen LogP contribution in [-0.2, 0) is 0 Å². The summed E-state index contributed by atoms with van der Waals surface area (Å²) in [5.41, 5.74) is 7.45. The van der Waals surface area contributed by atoms with E-state index in [1.54, 1.807) is 0 Å². The van der Waals surface area contributed by atoms with E-state index in [0.717, 1.165) is 42.8 Å². The zero-order valence-corrected chi connectivity index (χ0v) is 20.7. The van der Waals surface area contributed by atoms with Crippen LogP contribution in [0.25, 0.3) is 11.1 Å². The molecule has 0 aliphatic carbocycles. The average Bonchev–Trinajstić information content (AvgIpc) is 3.63. The maximum absolute atomic E-state index is 13.2. The Labute approximate surface area is 219 Å². The molecule has 2 aromatic carbocycles. The van der Waals surface area contributed by atoms with Gasteiger partial charge in [0.2, 0.25) is 0 Å². The van der Waals surface area contributed by atoms with Gasteiger partial charge >= 0.3 is 6.03 Å². The van der Waals surface area contributed by atoms with Crippen molar-refractivity contribution in [3.63, 3.8) is 0 Å². The van der Waals surface area contributed by atoms with Crippen molar-refractivity contribution in [2.45, 2.75) is 37.8 Å². The van der Waals surface area contributed by atoms with Gasteiger partial charge in [0.1, 0.15) is 30.0 Å². The molecule has 4 aromatic rings. The third-order valence-electron chi connectivity index (χ3n) is 7.17. The first-order valence-corrected chi connectivity index (χ1v) is 12.8. The van der Waals surface area contributed by atoms with Crippen LogP contribution in [0.4, 0.5) is 10.6 Å². The lowest BCUT2D eigenvalue weighted by Crippen LogP contribution is -2.51. The van der Waals surface area contributed by atoms with E-state index >= 15 is 0 Å². The smallest absolute Gasteiger partial charge is 0.346 e. The van der Waals surface area contributed by atoms with Crippen LogP contribution < -0.4 is 15.8 Å². The number of hydrogen-bond acceptors (Lipinski definition) is 7. The molecule has 6 rings (SSSR count). The van der Waals surface area contributed by atoms with E-state index in [2.05, 4.69) is 15.4 Å². The van der Waals surface area contributed by atoms with Crippen LogP contribution in [0.2, 0.25) is 0 Å². The molecule has 0 radical (unpaired) electrons. The van der Waals surface area contributed by atoms with Gasteiger partial charge in [0.15, 0.2) is 5.69 Å². The Kier molecular flexibility index (Phi) is 6.24. The number of benzene rings is 2. The van der Waals surface area contributed by atoms with Crippen LogP contribution in [-0.4, -0.2) is 60.5 Å². The van der Waals surface area contributed by atoms with E-state index in [9.17, 15) is 9.59 Å². The molecule has 1 fully saturated rings. The molecular formula is C27H28N8O3. The van der Waals surface area contributed by atoms with Gasteiger partial charge < -0.3 is 20.7 Å². The summed E-state index contributed by atoms with van der Waals surface area (Å²) < 4.78 is 9.04. The number of fused-ring (bicyclic) bond motifs is 1. The van der Waals surface area contributed by atoms with Gasteiger partial charge in [-0.05, 0) is 55.5 Å². The zero-order chi connectivity index (χ0) is 26.1. The van der Waals surface area contributed by atoms with Gasteiger partial charge in [0.05, 0.1) is 17.6 Å². The largest absolute Gasteiger partial charge is 0.457 e. The van der Waals surface area contributed by atoms with Crippen molar-refractivity contribution >= 4 is 17.8 Å². The molecule has 11 heteroatoms. The normalized spacial score (nSPS) is 18.9. The van der Waals surface area contributed by atoms with Crippen LogP contribution in [0, 0.1) is 0 Å². The lowest BCUT2D eigenvalue weighted by atomic mass is 9.92. The van der Waals surface area contributed by atoms with E-state index < -0.39 is 5.91 Å². The van der Waals surface area contributed by atoms with E-state index in [1.165, 1.54) is 17.3 Å². The molecule has 3 N–H and O–H groups in total. The summed E-state index contributed by atoms with van der Waals surface area (Å²) in [4.78, 5) is 31.6. The van der Waals surface area contributed by atoms with E-state index in [1.807, 2.05) is 64.2 Å². The van der Waals surface area contributed by atoms with Gasteiger partial charge in [-0.2, -0.15) is 14.9 Å². The van der Waals surface area contributed by atoms with Gasteiger partial charge in [-0.1, -0.05) is 30.3 Å². The Morgan fingerprint density at radius 2 is 1.76 bits per heavy atom. The fourth-order valence-corrected chi connectivity index (χ4v) is 5.45. The maximum Gasteiger partial charge on any atom is 0.346 e. The molecule has 4 heterocycles. The third-order valence-corrected chi connectivity index (χ3v) is 7.17. The highest BCUT2D eigenvalue weighted by atomic mass is 16.5. The number of aromatic nitrogens is 5. The summed E-state index contributed by atoms with van der Waals surface area (Å²) in [6.45, 7) is 1.31. The minimum atomic E-state index is -0.605. The minimum Gasteiger partial charge on any atom is -0.457 e. The fraction of sp³-hybridized carbons (Fsp3) is 0.296. The number of amides is 2. The molecule has 2 unspecified atom stereocenters. The van der Waals surface area contributed by atoms with Gasteiger partial charge in [0.25, 0.3) is 5.91 Å². The Morgan fingerprint density at radius 3 is 2.50 bits per heavy atom. The molecule has 2 atom stereocenters. The van der Waals surface area contributed by atoms with Gasteiger partial charge in [0, 0.05) is 13.1 Å². The number of nitrogens with zero attached hydrogens (tertiary/aromatic N) is 6. The number of nitrogens with one attached hydrogen (secondary N) is 1. The van der Waals surface area contributed by atoms with Crippen LogP contribution in [0.15, 0.2) is 67.3 Å². The van der Waals surface area contributed by atoms with Crippen molar-refractivity contribution in [2.75, 3.05) is 18.4 Å².